The molecule has 9 heteroatoms. The van der Waals surface area contributed by atoms with Crippen LogP contribution in [0.5, 0.6) is 0 Å². The average molecular weight is 520 g/mol. The lowest BCUT2D eigenvalue weighted by molar-refractivity contribution is -0.139. The summed E-state index contributed by atoms with van der Waals surface area (Å²) in [5.74, 6) is -1.95. The summed E-state index contributed by atoms with van der Waals surface area (Å²) in [6.45, 7) is 2.00. The van der Waals surface area contributed by atoms with Crippen LogP contribution in [0.15, 0.2) is 66.7 Å². The van der Waals surface area contributed by atoms with Crippen molar-refractivity contribution in [1.29, 1.82) is 0 Å². The van der Waals surface area contributed by atoms with Crippen LogP contribution in [0.4, 0.5) is 5.69 Å². The molecule has 0 aromatic heterocycles. The summed E-state index contributed by atoms with van der Waals surface area (Å²) in [6.07, 6.45) is 0. The molecule has 1 saturated heterocycles. The Morgan fingerprint density at radius 3 is 2.14 bits per heavy atom. The number of carboxylic acids is 1. The number of benzene rings is 3. The molecule has 190 valence electrons. The van der Waals surface area contributed by atoms with Crippen molar-refractivity contribution in [2.24, 2.45) is 0 Å². The lowest BCUT2D eigenvalue weighted by Crippen LogP contribution is -2.50. The number of anilines is 1. The second-order valence-corrected chi connectivity index (χ2v) is 9.47. The van der Waals surface area contributed by atoms with E-state index < -0.39 is 11.9 Å². The zero-order chi connectivity index (χ0) is 25.9. The number of fused-ring (bicyclic) bond motifs is 3. The van der Waals surface area contributed by atoms with Crippen LogP contribution in [0.3, 0.4) is 0 Å². The first-order chi connectivity index (χ1) is 17.9. The predicted octanol–water partition coefficient (Wildman–Crippen LogP) is 3.91. The number of piperazine rings is 1. The molecule has 0 radical (unpaired) electrons. The third kappa shape index (κ3) is 5.22. The lowest BCUT2D eigenvalue weighted by Gasteiger charge is -2.38. The first-order valence-corrected chi connectivity index (χ1v) is 12.4. The maximum Gasteiger partial charge on any atom is 0.337 e. The van der Waals surface area contributed by atoms with Crippen LogP contribution in [0, 0.1) is 0 Å². The standard InChI is InChI=1S/C28H26ClN3O5/c29-18-9-10-24(23(15-18)28(35)36)30-25(33)16-37-17-26(34)31-11-13-32(14-12-31)27-21-7-3-1-5-19(21)20-6-2-4-8-22(20)27/h1-10,15,27H,11-14,16-17H2,(H,30,33)(H,35,36). The molecule has 37 heavy (non-hydrogen) atoms. The first kappa shape index (κ1) is 25.0. The number of nitrogens with zero attached hydrogens (tertiary/aromatic N) is 2. The third-order valence-corrected chi connectivity index (χ3v) is 7.01. The van der Waals surface area contributed by atoms with Gasteiger partial charge >= 0.3 is 5.97 Å². The second-order valence-electron chi connectivity index (χ2n) is 9.03. The van der Waals surface area contributed by atoms with Crippen molar-refractivity contribution in [3.05, 3.63) is 88.4 Å². The molecule has 2 aliphatic rings. The van der Waals surface area contributed by atoms with Crippen molar-refractivity contribution in [3.63, 3.8) is 0 Å². The molecular formula is C28H26ClN3O5. The fourth-order valence-corrected chi connectivity index (χ4v) is 5.24. The fraction of sp³-hybridized carbons (Fsp3) is 0.250. The van der Waals surface area contributed by atoms with E-state index in [1.54, 1.807) is 4.90 Å². The summed E-state index contributed by atoms with van der Waals surface area (Å²) in [4.78, 5) is 40.5. The summed E-state index contributed by atoms with van der Waals surface area (Å²) in [6, 6.07) is 21.3. The molecule has 8 nitrogen and oxygen atoms in total. The molecule has 1 aliphatic carbocycles. The van der Waals surface area contributed by atoms with E-state index in [-0.39, 0.29) is 41.4 Å². The van der Waals surface area contributed by atoms with E-state index in [9.17, 15) is 19.5 Å². The quantitative estimate of drug-likeness (QED) is 0.491. The Bertz CT molecular complexity index is 1310. The van der Waals surface area contributed by atoms with Gasteiger partial charge in [0.2, 0.25) is 11.8 Å². The van der Waals surface area contributed by atoms with Gasteiger partial charge in [-0.2, -0.15) is 0 Å². The lowest BCUT2D eigenvalue weighted by atomic mass is 10.0. The number of aromatic carboxylic acids is 1. The van der Waals surface area contributed by atoms with Gasteiger partial charge in [0.05, 0.1) is 17.3 Å². The minimum atomic E-state index is -1.21. The fourth-order valence-electron chi connectivity index (χ4n) is 5.06. The van der Waals surface area contributed by atoms with Crippen molar-refractivity contribution in [3.8, 4) is 11.1 Å². The van der Waals surface area contributed by atoms with Crippen LogP contribution < -0.4 is 5.32 Å². The molecule has 0 unspecified atom stereocenters. The van der Waals surface area contributed by atoms with E-state index >= 15 is 0 Å². The van der Waals surface area contributed by atoms with E-state index in [1.165, 1.54) is 40.5 Å². The third-order valence-electron chi connectivity index (χ3n) is 6.78. The van der Waals surface area contributed by atoms with Gasteiger partial charge in [-0.05, 0) is 40.5 Å². The summed E-state index contributed by atoms with van der Waals surface area (Å²) < 4.78 is 5.34. The van der Waals surface area contributed by atoms with E-state index in [4.69, 9.17) is 16.3 Å². The van der Waals surface area contributed by atoms with E-state index in [1.807, 2.05) is 0 Å². The molecule has 0 spiro atoms. The SMILES string of the molecule is O=C(COCC(=O)N1CCN(C2c3ccccc3-c3ccccc32)CC1)Nc1ccc(Cl)cc1C(=O)O. The van der Waals surface area contributed by atoms with Crippen LogP contribution in [0.2, 0.25) is 5.02 Å². The van der Waals surface area contributed by atoms with Crippen molar-refractivity contribution in [2.75, 3.05) is 44.7 Å². The average Bonchev–Trinajstić information content (AvgIpc) is 3.24. The smallest absolute Gasteiger partial charge is 0.337 e. The molecule has 0 bridgehead atoms. The monoisotopic (exact) mass is 519 g/mol. The van der Waals surface area contributed by atoms with Gasteiger partial charge in [-0.25, -0.2) is 4.79 Å². The first-order valence-electron chi connectivity index (χ1n) is 12.0. The molecule has 5 rings (SSSR count). The molecule has 2 amide bonds. The number of hydrogen-bond acceptors (Lipinski definition) is 5. The molecule has 1 aliphatic heterocycles. The van der Waals surface area contributed by atoms with Crippen molar-refractivity contribution >= 4 is 35.1 Å². The topological polar surface area (TPSA) is 99.2 Å². The number of hydrogen-bond donors (Lipinski definition) is 2. The highest BCUT2D eigenvalue weighted by atomic mass is 35.5. The maximum atomic E-state index is 12.7. The molecule has 2 N–H and O–H groups in total. The second kappa shape index (κ2) is 10.7. The van der Waals surface area contributed by atoms with Crippen LogP contribution >= 0.6 is 11.6 Å². The number of carbonyl (C=O) groups is 3. The predicted molar refractivity (Wildman–Crippen MR) is 140 cm³/mol. The maximum absolute atomic E-state index is 12.7. The molecule has 0 atom stereocenters. The zero-order valence-corrected chi connectivity index (χ0v) is 20.8. The highest BCUT2D eigenvalue weighted by Gasteiger charge is 2.34. The number of carboxylic acid groups (broad SMARTS) is 1. The molecule has 1 heterocycles. The Morgan fingerprint density at radius 2 is 1.51 bits per heavy atom. The Kier molecular flexibility index (Phi) is 7.23. The number of halogens is 1. The molecular weight excluding hydrogens is 494 g/mol. The van der Waals surface area contributed by atoms with Crippen LogP contribution in [0.25, 0.3) is 11.1 Å². The minimum Gasteiger partial charge on any atom is -0.478 e. The van der Waals surface area contributed by atoms with Gasteiger partial charge in [0.25, 0.3) is 0 Å². The van der Waals surface area contributed by atoms with Crippen LogP contribution in [-0.2, 0) is 14.3 Å². The van der Waals surface area contributed by atoms with Gasteiger partial charge in [-0.15, -0.1) is 0 Å². The summed E-state index contributed by atoms with van der Waals surface area (Å²) in [5, 5.41) is 12.0. The zero-order valence-electron chi connectivity index (χ0n) is 20.0. The largest absolute Gasteiger partial charge is 0.478 e. The van der Waals surface area contributed by atoms with Gasteiger partial charge in [-0.1, -0.05) is 60.1 Å². The number of rotatable bonds is 7. The van der Waals surface area contributed by atoms with Crippen LogP contribution in [-0.4, -0.2) is 72.1 Å². The Morgan fingerprint density at radius 1 is 0.892 bits per heavy atom. The van der Waals surface area contributed by atoms with Crippen LogP contribution in [0.1, 0.15) is 27.5 Å². The highest BCUT2D eigenvalue weighted by Crippen LogP contribution is 2.46. The Balaban J connectivity index is 1.12. The summed E-state index contributed by atoms with van der Waals surface area (Å²) in [5.41, 5.74) is 5.11. The van der Waals surface area contributed by atoms with Gasteiger partial charge < -0.3 is 20.1 Å². The normalized spacial score (nSPS) is 15.2. The van der Waals surface area contributed by atoms with Gasteiger partial charge in [-0.3, -0.25) is 14.5 Å². The minimum absolute atomic E-state index is 0.114. The Labute approximate surface area is 219 Å². The van der Waals surface area contributed by atoms with E-state index in [2.05, 4.69) is 58.7 Å². The van der Waals surface area contributed by atoms with Gasteiger partial charge in [0.1, 0.15) is 13.2 Å². The molecule has 3 aromatic carbocycles. The highest BCUT2D eigenvalue weighted by molar-refractivity contribution is 6.31. The van der Waals surface area contributed by atoms with Gasteiger partial charge in [0.15, 0.2) is 0 Å². The molecule has 0 saturated carbocycles. The molecule has 3 aromatic rings. The molecule has 1 fully saturated rings. The Hall–Kier alpha value is -3.72. The van der Waals surface area contributed by atoms with Crippen molar-refractivity contribution in [1.82, 2.24) is 9.80 Å². The summed E-state index contributed by atoms with van der Waals surface area (Å²) >= 11 is 5.83. The van der Waals surface area contributed by atoms with Gasteiger partial charge in [0, 0.05) is 31.2 Å². The van der Waals surface area contributed by atoms with E-state index in [0.29, 0.717) is 13.1 Å². The number of amides is 2. The summed E-state index contributed by atoms with van der Waals surface area (Å²) in [7, 11) is 0. The van der Waals surface area contributed by atoms with E-state index in [0.717, 1.165) is 13.1 Å². The number of carbonyl (C=O) groups excluding carboxylic acids is 2. The van der Waals surface area contributed by atoms with Crippen molar-refractivity contribution < 1.29 is 24.2 Å². The number of ether oxygens (including phenoxy) is 1. The number of nitrogens with one attached hydrogen (secondary N) is 1. The van der Waals surface area contributed by atoms with Crippen molar-refractivity contribution in [2.45, 2.75) is 6.04 Å².